The Kier molecular flexibility index (Phi) is 7.94. The molecule has 0 atom stereocenters. The highest BCUT2D eigenvalue weighted by atomic mass is 19.2. The molecule has 0 spiro atoms. The molecule has 0 N–H and O–H groups in total. The van der Waals surface area contributed by atoms with Crippen LogP contribution in [0.3, 0.4) is 0 Å². The van der Waals surface area contributed by atoms with E-state index in [1.165, 1.54) is 6.07 Å². The molecule has 0 amide bonds. The number of hydrogen-bond donors (Lipinski definition) is 0. The van der Waals surface area contributed by atoms with Crippen molar-refractivity contribution in [2.24, 2.45) is 0 Å². The van der Waals surface area contributed by atoms with E-state index in [2.05, 4.69) is 0 Å². The lowest BCUT2D eigenvalue weighted by molar-refractivity contribution is 0.0655. The Balaban J connectivity index is 1.40. The molecule has 4 rings (SSSR count). The molecule has 0 saturated heterocycles. The predicted octanol–water partition coefficient (Wildman–Crippen LogP) is 7.63. The summed E-state index contributed by atoms with van der Waals surface area (Å²) in [5, 5.41) is 0. The molecule has 1 saturated carbocycles. The van der Waals surface area contributed by atoms with E-state index in [9.17, 15) is 13.2 Å². The van der Waals surface area contributed by atoms with E-state index in [-0.39, 0.29) is 17.8 Å². The highest BCUT2D eigenvalue weighted by Crippen LogP contribution is 2.36. The standard InChI is InChI=1S/C29H31F3O2/c1-3-34-24-15-17-25(27(30)18-24)20-7-4-19(5-8-20)6-9-22-12-16-26(29(32)28(22)31)21-10-13-23(33-2)14-11-21/h4-5,7-8,12,15-18,21,23H,3,6,9-11,13-14H2,1-2H3. The van der Waals surface area contributed by atoms with Gasteiger partial charge in [-0.05, 0) is 85.8 Å². The number of halogens is 3. The summed E-state index contributed by atoms with van der Waals surface area (Å²) in [6.45, 7) is 2.34. The quantitative estimate of drug-likeness (QED) is 0.338. The maximum atomic E-state index is 14.9. The Morgan fingerprint density at radius 3 is 2.21 bits per heavy atom. The van der Waals surface area contributed by atoms with Crippen LogP contribution in [0, 0.1) is 17.5 Å². The summed E-state index contributed by atoms with van der Waals surface area (Å²) in [5.74, 6) is -1.24. The number of ether oxygens (including phenoxy) is 2. The highest BCUT2D eigenvalue weighted by Gasteiger charge is 2.26. The second kappa shape index (κ2) is 11.1. The molecule has 0 aliphatic heterocycles. The van der Waals surface area contributed by atoms with Crippen molar-refractivity contribution in [1.82, 2.24) is 0 Å². The Labute approximate surface area is 199 Å². The predicted molar refractivity (Wildman–Crippen MR) is 129 cm³/mol. The lowest BCUT2D eigenvalue weighted by Crippen LogP contribution is -2.20. The van der Waals surface area contributed by atoms with Gasteiger partial charge in [0.2, 0.25) is 0 Å². The minimum absolute atomic E-state index is 0.0468. The third-order valence-corrected chi connectivity index (χ3v) is 6.84. The zero-order chi connectivity index (χ0) is 24.1. The Hall–Kier alpha value is -2.79. The number of methoxy groups -OCH3 is 1. The fourth-order valence-corrected chi connectivity index (χ4v) is 4.84. The zero-order valence-corrected chi connectivity index (χ0v) is 19.8. The van der Waals surface area contributed by atoms with Crippen molar-refractivity contribution < 1.29 is 22.6 Å². The van der Waals surface area contributed by atoms with Gasteiger partial charge in [-0.15, -0.1) is 0 Å². The Morgan fingerprint density at radius 2 is 1.56 bits per heavy atom. The lowest BCUT2D eigenvalue weighted by atomic mass is 9.82. The average Bonchev–Trinajstić information content (AvgIpc) is 2.86. The van der Waals surface area contributed by atoms with E-state index in [1.54, 1.807) is 31.4 Å². The molecule has 1 aliphatic rings. The molecule has 0 radical (unpaired) electrons. The first-order valence-electron chi connectivity index (χ1n) is 12.0. The summed E-state index contributed by atoms with van der Waals surface area (Å²) >= 11 is 0. The van der Waals surface area contributed by atoms with Crippen LogP contribution in [0.5, 0.6) is 5.75 Å². The number of aryl methyl sites for hydroxylation is 2. The van der Waals surface area contributed by atoms with Gasteiger partial charge in [0.25, 0.3) is 0 Å². The first-order valence-corrected chi connectivity index (χ1v) is 12.0. The molecule has 0 heterocycles. The van der Waals surface area contributed by atoms with Crippen LogP contribution in [0.15, 0.2) is 54.6 Å². The van der Waals surface area contributed by atoms with Gasteiger partial charge in [0.05, 0.1) is 12.7 Å². The van der Waals surface area contributed by atoms with Crippen LogP contribution in [-0.2, 0) is 17.6 Å². The molecule has 0 unspecified atom stereocenters. The molecular weight excluding hydrogens is 437 g/mol. The van der Waals surface area contributed by atoms with Crippen molar-refractivity contribution in [1.29, 1.82) is 0 Å². The minimum Gasteiger partial charge on any atom is -0.494 e. The molecule has 2 nitrogen and oxygen atoms in total. The summed E-state index contributed by atoms with van der Waals surface area (Å²) < 4.78 is 54.9. The fourth-order valence-electron chi connectivity index (χ4n) is 4.84. The summed E-state index contributed by atoms with van der Waals surface area (Å²) in [5.41, 5.74) is 3.11. The van der Waals surface area contributed by atoms with Gasteiger partial charge in [-0.3, -0.25) is 0 Å². The van der Waals surface area contributed by atoms with Crippen molar-refractivity contribution in [2.75, 3.05) is 13.7 Å². The van der Waals surface area contributed by atoms with Gasteiger partial charge in [-0.1, -0.05) is 36.4 Å². The van der Waals surface area contributed by atoms with Gasteiger partial charge in [0.15, 0.2) is 11.6 Å². The Bertz CT molecular complexity index is 1100. The van der Waals surface area contributed by atoms with E-state index in [4.69, 9.17) is 9.47 Å². The number of benzene rings is 3. The topological polar surface area (TPSA) is 18.5 Å². The van der Waals surface area contributed by atoms with Crippen molar-refractivity contribution in [3.8, 4) is 16.9 Å². The van der Waals surface area contributed by atoms with Gasteiger partial charge in [0.1, 0.15) is 11.6 Å². The maximum Gasteiger partial charge on any atom is 0.162 e. The molecule has 0 bridgehead atoms. The molecule has 34 heavy (non-hydrogen) atoms. The van der Waals surface area contributed by atoms with Gasteiger partial charge in [-0.25, -0.2) is 13.2 Å². The molecule has 3 aromatic carbocycles. The van der Waals surface area contributed by atoms with Gasteiger partial charge in [-0.2, -0.15) is 0 Å². The average molecular weight is 469 g/mol. The van der Waals surface area contributed by atoms with Crippen LogP contribution < -0.4 is 4.74 Å². The van der Waals surface area contributed by atoms with E-state index < -0.39 is 11.6 Å². The molecular formula is C29H31F3O2. The summed E-state index contributed by atoms with van der Waals surface area (Å²) in [4.78, 5) is 0. The van der Waals surface area contributed by atoms with E-state index in [0.29, 0.717) is 41.9 Å². The minimum atomic E-state index is -0.737. The zero-order valence-electron chi connectivity index (χ0n) is 19.8. The van der Waals surface area contributed by atoms with Crippen LogP contribution >= 0.6 is 0 Å². The molecule has 1 fully saturated rings. The van der Waals surface area contributed by atoms with E-state index in [1.807, 2.05) is 31.2 Å². The molecule has 5 heteroatoms. The van der Waals surface area contributed by atoms with Crippen molar-refractivity contribution in [3.63, 3.8) is 0 Å². The van der Waals surface area contributed by atoms with Crippen molar-refractivity contribution in [2.45, 2.75) is 57.5 Å². The van der Waals surface area contributed by atoms with Crippen LogP contribution in [0.4, 0.5) is 13.2 Å². The lowest BCUT2D eigenvalue weighted by Gasteiger charge is -2.28. The van der Waals surface area contributed by atoms with Crippen LogP contribution in [-0.4, -0.2) is 19.8 Å². The fraction of sp³-hybridized carbons (Fsp3) is 0.379. The van der Waals surface area contributed by atoms with E-state index >= 15 is 0 Å². The molecule has 0 aromatic heterocycles. The third kappa shape index (κ3) is 5.47. The smallest absolute Gasteiger partial charge is 0.162 e. The summed E-state index contributed by atoms with van der Waals surface area (Å²) in [6, 6.07) is 15.8. The molecule has 3 aromatic rings. The van der Waals surface area contributed by atoms with Crippen molar-refractivity contribution in [3.05, 3.63) is 88.7 Å². The summed E-state index contributed by atoms with van der Waals surface area (Å²) in [6.07, 6.45) is 4.57. The van der Waals surface area contributed by atoms with Gasteiger partial charge >= 0.3 is 0 Å². The second-order valence-electron chi connectivity index (χ2n) is 8.92. The third-order valence-electron chi connectivity index (χ3n) is 6.84. The molecule has 1 aliphatic carbocycles. The number of rotatable bonds is 8. The second-order valence-corrected chi connectivity index (χ2v) is 8.92. The maximum absolute atomic E-state index is 14.9. The molecule has 180 valence electrons. The first kappa shape index (κ1) is 24.3. The summed E-state index contributed by atoms with van der Waals surface area (Å²) in [7, 11) is 1.70. The first-order chi connectivity index (χ1) is 16.5. The van der Waals surface area contributed by atoms with Gasteiger partial charge < -0.3 is 9.47 Å². The largest absolute Gasteiger partial charge is 0.494 e. The Morgan fingerprint density at radius 1 is 0.824 bits per heavy atom. The van der Waals surface area contributed by atoms with Crippen molar-refractivity contribution >= 4 is 0 Å². The SMILES string of the molecule is CCOc1ccc(-c2ccc(CCc3ccc(C4CCC(OC)CC4)c(F)c3F)cc2)c(F)c1. The van der Waals surface area contributed by atoms with Crippen LogP contribution in [0.1, 0.15) is 55.2 Å². The highest BCUT2D eigenvalue weighted by molar-refractivity contribution is 5.65. The van der Waals surface area contributed by atoms with Gasteiger partial charge in [0, 0.05) is 18.7 Å². The van der Waals surface area contributed by atoms with Crippen LogP contribution in [0.2, 0.25) is 0 Å². The number of hydrogen-bond acceptors (Lipinski definition) is 2. The monoisotopic (exact) mass is 468 g/mol. The van der Waals surface area contributed by atoms with E-state index in [0.717, 1.165) is 36.8 Å². The normalized spacial score (nSPS) is 18.1. The van der Waals surface area contributed by atoms with Crippen LogP contribution in [0.25, 0.3) is 11.1 Å².